The summed E-state index contributed by atoms with van der Waals surface area (Å²) in [6, 6.07) is 0. The monoisotopic (exact) mass is 222 g/mol. The molecule has 0 heterocycles. The van der Waals surface area contributed by atoms with Crippen LogP contribution in [-0.4, -0.2) is 12.5 Å². The van der Waals surface area contributed by atoms with Crippen molar-refractivity contribution in [3.63, 3.8) is 0 Å². The maximum atomic E-state index is 12.4. The SMILES string of the molecule is CC(C)C1=CC(C)(C)C=C(C(=O)CF)C=C1. The number of ketones is 1. The van der Waals surface area contributed by atoms with Gasteiger partial charge in [-0.15, -0.1) is 0 Å². The van der Waals surface area contributed by atoms with Gasteiger partial charge >= 0.3 is 0 Å². The molecule has 0 bridgehead atoms. The Morgan fingerprint density at radius 3 is 2.44 bits per heavy atom. The number of carbonyl (C=O) groups excluding carboxylic acids is 1. The third-order valence-electron chi connectivity index (χ3n) is 2.63. The second-order valence-corrected chi connectivity index (χ2v) is 5.11. The van der Waals surface area contributed by atoms with Crippen molar-refractivity contribution in [3.8, 4) is 0 Å². The smallest absolute Gasteiger partial charge is 0.193 e. The van der Waals surface area contributed by atoms with Crippen LogP contribution in [0.15, 0.2) is 35.5 Å². The molecule has 0 aliphatic heterocycles. The van der Waals surface area contributed by atoms with Crippen molar-refractivity contribution in [1.82, 2.24) is 0 Å². The van der Waals surface area contributed by atoms with Crippen LogP contribution in [0.4, 0.5) is 4.39 Å². The Morgan fingerprint density at radius 2 is 1.94 bits per heavy atom. The van der Waals surface area contributed by atoms with E-state index in [1.807, 2.05) is 26.0 Å². The Bertz CT molecular complexity index is 370. The van der Waals surface area contributed by atoms with Crippen molar-refractivity contribution in [3.05, 3.63) is 35.5 Å². The van der Waals surface area contributed by atoms with E-state index in [-0.39, 0.29) is 5.41 Å². The highest BCUT2D eigenvalue weighted by Crippen LogP contribution is 2.29. The number of halogens is 1. The van der Waals surface area contributed by atoms with Crippen LogP contribution in [0.25, 0.3) is 0 Å². The second kappa shape index (κ2) is 4.77. The van der Waals surface area contributed by atoms with Gasteiger partial charge in [0.25, 0.3) is 0 Å². The summed E-state index contributed by atoms with van der Waals surface area (Å²) < 4.78 is 12.4. The molecule has 1 nitrogen and oxygen atoms in total. The zero-order chi connectivity index (χ0) is 12.3. The first-order chi connectivity index (χ1) is 7.35. The molecule has 88 valence electrons. The molecule has 0 amide bonds. The van der Waals surface area contributed by atoms with Crippen LogP contribution in [0.1, 0.15) is 27.7 Å². The summed E-state index contributed by atoms with van der Waals surface area (Å²) in [7, 11) is 0. The van der Waals surface area contributed by atoms with Crippen molar-refractivity contribution in [2.75, 3.05) is 6.67 Å². The van der Waals surface area contributed by atoms with Gasteiger partial charge in [-0.2, -0.15) is 0 Å². The summed E-state index contributed by atoms with van der Waals surface area (Å²) >= 11 is 0. The van der Waals surface area contributed by atoms with E-state index >= 15 is 0 Å². The molecule has 0 aromatic heterocycles. The fraction of sp³-hybridized carbons (Fsp3) is 0.500. The molecule has 0 fully saturated rings. The van der Waals surface area contributed by atoms with E-state index < -0.39 is 12.5 Å². The van der Waals surface area contributed by atoms with Crippen LogP contribution < -0.4 is 0 Å². The molecular weight excluding hydrogens is 203 g/mol. The summed E-state index contributed by atoms with van der Waals surface area (Å²) in [6.45, 7) is 7.33. The quantitative estimate of drug-likeness (QED) is 0.712. The van der Waals surface area contributed by atoms with E-state index in [1.54, 1.807) is 6.08 Å². The van der Waals surface area contributed by atoms with E-state index in [0.29, 0.717) is 11.5 Å². The minimum Gasteiger partial charge on any atom is -0.291 e. The van der Waals surface area contributed by atoms with E-state index in [2.05, 4.69) is 19.9 Å². The Hall–Kier alpha value is -1.18. The van der Waals surface area contributed by atoms with Gasteiger partial charge in [0.15, 0.2) is 12.5 Å². The van der Waals surface area contributed by atoms with Crippen molar-refractivity contribution in [1.29, 1.82) is 0 Å². The Kier molecular flexibility index (Phi) is 3.84. The Balaban J connectivity index is 3.10. The molecule has 0 spiro atoms. The number of hydrogen-bond donors (Lipinski definition) is 0. The molecule has 1 rings (SSSR count). The zero-order valence-corrected chi connectivity index (χ0v) is 10.4. The first-order valence-electron chi connectivity index (χ1n) is 5.58. The molecule has 16 heavy (non-hydrogen) atoms. The number of rotatable bonds is 3. The van der Waals surface area contributed by atoms with Crippen LogP contribution in [0, 0.1) is 11.3 Å². The summed E-state index contributed by atoms with van der Waals surface area (Å²) in [5.74, 6) is -0.0357. The number of alkyl halides is 1. The van der Waals surface area contributed by atoms with Gasteiger partial charge in [-0.05, 0) is 11.5 Å². The lowest BCUT2D eigenvalue weighted by atomic mass is 9.87. The molecule has 0 N–H and O–H groups in total. The molecule has 1 aliphatic carbocycles. The van der Waals surface area contributed by atoms with Crippen LogP contribution in [0.2, 0.25) is 0 Å². The van der Waals surface area contributed by atoms with E-state index in [9.17, 15) is 9.18 Å². The average molecular weight is 222 g/mol. The van der Waals surface area contributed by atoms with Crippen LogP contribution in [0.5, 0.6) is 0 Å². The molecule has 0 unspecified atom stereocenters. The summed E-state index contributed by atoms with van der Waals surface area (Å²) in [4.78, 5) is 11.4. The first-order valence-corrected chi connectivity index (χ1v) is 5.58. The molecule has 0 aromatic rings. The predicted molar refractivity (Wildman–Crippen MR) is 64.9 cm³/mol. The fourth-order valence-electron chi connectivity index (χ4n) is 1.76. The van der Waals surface area contributed by atoms with Gasteiger partial charge in [0.05, 0.1) is 0 Å². The van der Waals surface area contributed by atoms with Crippen molar-refractivity contribution in [2.45, 2.75) is 27.7 Å². The largest absolute Gasteiger partial charge is 0.291 e. The molecule has 0 atom stereocenters. The lowest BCUT2D eigenvalue weighted by molar-refractivity contribution is -0.116. The minimum atomic E-state index is -0.927. The van der Waals surface area contributed by atoms with Crippen molar-refractivity contribution in [2.24, 2.45) is 11.3 Å². The predicted octanol–water partition coefficient (Wildman–Crippen LogP) is 3.63. The van der Waals surface area contributed by atoms with Crippen molar-refractivity contribution < 1.29 is 9.18 Å². The van der Waals surface area contributed by atoms with Crippen molar-refractivity contribution >= 4 is 5.78 Å². The summed E-state index contributed by atoms with van der Waals surface area (Å²) in [5.41, 5.74) is 1.45. The first kappa shape index (κ1) is 12.9. The maximum Gasteiger partial charge on any atom is 0.193 e. The Labute approximate surface area is 96.7 Å². The average Bonchev–Trinajstić information content (AvgIpc) is 2.35. The van der Waals surface area contributed by atoms with Gasteiger partial charge in [0, 0.05) is 11.0 Å². The lowest BCUT2D eigenvalue weighted by Crippen LogP contribution is -2.09. The maximum absolute atomic E-state index is 12.4. The number of carbonyl (C=O) groups is 1. The molecule has 2 heteroatoms. The van der Waals surface area contributed by atoms with E-state index in [4.69, 9.17) is 0 Å². The second-order valence-electron chi connectivity index (χ2n) is 5.11. The molecular formula is C14H19FO. The van der Waals surface area contributed by atoms with Gasteiger partial charge in [0.2, 0.25) is 0 Å². The van der Waals surface area contributed by atoms with Gasteiger partial charge in [-0.3, -0.25) is 4.79 Å². The summed E-state index contributed by atoms with van der Waals surface area (Å²) in [5, 5.41) is 0. The number of hydrogen-bond acceptors (Lipinski definition) is 1. The number of Topliss-reactive ketones (excluding diaryl/α,β-unsaturated/α-hetero) is 1. The Morgan fingerprint density at radius 1 is 1.31 bits per heavy atom. The summed E-state index contributed by atoms with van der Waals surface area (Å²) in [6.07, 6.45) is 7.61. The topological polar surface area (TPSA) is 17.1 Å². The fourth-order valence-corrected chi connectivity index (χ4v) is 1.76. The molecule has 0 saturated heterocycles. The van der Waals surface area contributed by atoms with Crippen LogP contribution in [-0.2, 0) is 4.79 Å². The van der Waals surface area contributed by atoms with Gasteiger partial charge in [-0.25, -0.2) is 4.39 Å². The third-order valence-corrected chi connectivity index (χ3v) is 2.63. The standard InChI is InChI=1S/C14H19FO/c1-10(2)11-5-6-12(13(16)9-15)8-14(3,4)7-11/h5-8,10H,9H2,1-4H3. The third kappa shape index (κ3) is 3.16. The van der Waals surface area contributed by atoms with E-state index in [0.717, 1.165) is 0 Å². The molecule has 0 aromatic carbocycles. The van der Waals surface area contributed by atoms with Crippen LogP contribution in [0.3, 0.4) is 0 Å². The van der Waals surface area contributed by atoms with Gasteiger partial charge < -0.3 is 0 Å². The van der Waals surface area contributed by atoms with Crippen LogP contribution >= 0.6 is 0 Å². The van der Waals surface area contributed by atoms with E-state index in [1.165, 1.54) is 5.57 Å². The lowest BCUT2D eigenvalue weighted by Gasteiger charge is -2.17. The molecule has 1 aliphatic rings. The highest BCUT2D eigenvalue weighted by molar-refractivity contribution is 5.99. The number of allylic oxidation sites excluding steroid dienone is 6. The zero-order valence-electron chi connectivity index (χ0n) is 10.4. The highest BCUT2D eigenvalue weighted by Gasteiger charge is 2.19. The molecule has 0 saturated carbocycles. The normalized spacial score (nSPS) is 19.1. The van der Waals surface area contributed by atoms with Gasteiger partial charge in [0.1, 0.15) is 0 Å². The van der Waals surface area contributed by atoms with Gasteiger partial charge in [-0.1, -0.05) is 52.0 Å². The molecule has 0 radical (unpaired) electrons. The highest BCUT2D eigenvalue weighted by atomic mass is 19.1. The minimum absolute atomic E-state index is 0.205.